The van der Waals surface area contributed by atoms with E-state index in [0.717, 1.165) is 31.0 Å². The van der Waals surface area contributed by atoms with Crippen molar-refractivity contribution in [2.45, 2.75) is 78.2 Å². The largest absolute Gasteiger partial charge is 0.438 e. The highest BCUT2D eigenvalue weighted by molar-refractivity contribution is 7.13. The number of carbonyl (C=O) groups excluding carboxylic acids is 2. The van der Waals surface area contributed by atoms with Crippen LogP contribution in [0, 0.1) is 17.7 Å². The molecule has 230 valence electrons. The Hall–Kier alpha value is -3.74. The Balaban J connectivity index is 1.42. The molecule has 1 atom stereocenters. The number of hydrogen-bond acceptors (Lipinski definition) is 8. The Labute approximate surface area is 250 Å². The number of fused-ring (bicyclic) bond motifs is 1. The first-order chi connectivity index (χ1) is 20.3. The molecule has 0 spiro atoms. The molecule has 43 heavy (non-hydrogen) atoms. The molecular weight excluding hydrogens is 588 g/mol. The lowest BCUT2D eigenvalue weighted by molar-refractivity contribution is -0.139. The number of amides is 1. The molecule has 8 nitrogen and oxygen atoms in total. The average molecular weight is 621 g/mol. The predicted molar refractivity (Wildman–Crippen MR) is 153 cm³/mol. The van der Waals surface area contributed by atoms with Crippen LogP contribution in [0.1, 0.15) is 80.6 Å². The number of nitrogens with zero attached hydrogens (tertiary/aromatic N) is 3. The second kappa shape index (κ2) is 12.1. The van der Waals surface area contributed by atoms with Crippen molar-refractivity contribution in [3.8, 4) is 11.6 Å². The highest BCUT2D eigenvalue weighted by Gasteiger charge is 2.40. The second-order valence-electron chi connectivity index (χ2n) is 11.4. The minimum Gasteiger partial charge on any atom is -0.438 e. The fourth-order valence-electron chi connectivity index (χ4n) is 5.34. The zero-order chi connectivity index (χ0) is 31.1. The van der Waals surface area contributed by atoms with Crippen LogP contribution >= 0.6 is 11.3 Å². The first kappa shape index (κ1) is 30.7. The van der Waals surface area contributed by atoms with Gasteiger partial charge in [-0.3, -0.25) is 9.69 Å². The third-order valence-electron chi connectivity index (χ3n) is 7.54. The maximum absolute atomic E-state index is 15.4. The maximum atomic E-state index is 15.4. The molecule has 1 amide bonds. The number of rotatable bonds is 7. The van der Waals surface area contributed by atoms with Gasteiger partial charge < -0.3 is 14.8 Å². The van der Waals surface area contributed by atoms with E-state index in [-0.39, 0.29) is 41.1 Å². The minimum atomic E-state index is -4.87. The van der Waals surface area contributed by atoms with Crippen LogP contribution in [0.3, 0.4) is 0 Å². The number of ether oxygens (including phenoxy) is 2. The van der Waals surface area contributed by atoms with Gasteiger partial charge in [-0.2, -0.15) is 13.2 Å². The lowest BCUT2D eigenvalue weighted by Gasteiger charge is -2.37. The Morgan fingerprint density at radius 2 is 1.91 bits per heavy atom. The van der Waals surface area contributed by atoms with Crippen molar-refractivity contribution in [1.29, 1.82) is 0 Å². The quantitative estimate of drug-likeness (QED) is 0.215. The van der Waals surface area contributed by atoms with Crippen LogP contribution in [0.2, 0.25) is 0 Å². The van der Waals surface area contributed by atoms with Crippen LogP contribution in [0.4, 0.5) is 28.4 Å². The molecule has 0 bridgehead atoms. The zero-order valence-electron chi connectivity index (χ0n) is 24.1. The summed E-state index contributed by atoms with van der Waals surface area (Å²) in [6.07, 6.45) is -1.47. The fourth-order valence-corrected chi connectivity index (χ4v) is 6.20. The third-order valence-corrected chi connectivity index (χ3v) is 8.36. The standard InChI is InChI=1S/C30H32F4N4O4S/c1-15(2)36-29-37-20(14-43-29)9-18-10-22(30(32,33)34)26(35-13-18)42-25-11-21-24(12-23(25)31)38(17(4)41-28(21)40)27(39)19-7-5-16(3)6-8-19/h10-17,19H,5-9H2,1-4H3,(H,36,37)/t16-,17?,19-. The average Bonchev–Trinajstić information content (AvgIpc) is 3.35. The molecule has 5 rings (SSSR count). The number of carbonyl (C=O) groups is 2. The number of hydrogen-bond donors (Lipinski definition) is 1. The van der Waals surface area contributed by atoms with E-state index in [4.69, 9.17) is 9.47 Å². The monoisotopic (exact) mass is 620 g/mol. The number of benzene rings is 1. The summed E-state index contributed by atoms with van der Waals surface area (Å²) in [7, 11) is 0. The Kier molecular flexibility index (Phi) is 8.64. The van der Waals surface area contributed by atoms with E-state index in [1.54, 1.807) is 5.38 Å². The number of thiazole rings is 1. The first-order valence-electron chi connectivity index (χ1n) is 14.1. The van der Waals surface area contributed by atoms with Crippen LogP contribution in [0.25, 0.3) is 0 Å². The van der Waals surface area contributed by atoms with Gasteiger partial charge in [-0.25, -0.2) is 19.2 Å². The van der Waals surface area contributed by atoms with Gasteiger partial charge in [0.1, 0.15) is 5.56 Å². The molecule has 0 saturated heterocycles. The molecule has 1 aromatic carbocycles. The number of aromatic nitrogens is 2. The molecule has 1 N–H and O–H groups in total. The third kappa shape index (κ3) is 6.76. The van der Waals surface area contributed by atoms with Crippen LogP contribution in [0.5, 0.6) is 11.6 Å². The second-order valence-corrected chi connectivity index (χ2v) is 12.2. The van der Waals surface area contributed by atoms with Gasteiger partial charge in [0.05, 0.1) is 16.9 Å². The molecule has 1 unspecified atom stereocenters. The van der Waals surface area contributed by atoms with Gasteiger partial charge in [-0.05, 0) is 64.0 Å². The fraction of sp³-hybridized carbons (Fsp3) is 0.467. The summed E-state index contributed by atoms with van der Waals surface area (Å²) >= 11 is 1.34. The molecule has 1 saturated carbocycles. The molecule has 3 aromatic rings. The summed E-state index contributed by atoms with van der Waals surface area (Å²) in [5.41, 5.74) is -0.613. The highest BCUT2D eigenvalue weighted by Crippen LogP contribution is 2.41. The number of cyclic esters (lactones) is 1. The number of pyridine rings is 1. The molecular formula is C30H32F4N4O4S. The van der Waals surface area contributed by atoms with Crippen LogP contribution in [0.15, 0.2) is 29.8 Å². The SMILES string of the molecule is CC(C)Nc1nc(Cc2cnc(Oc3cc4c(cc3F)N(C(=O)[C@H]3CC[C@H](C)CC3)C(C)OC4=O)c(C(F)(F)F)c2)cs1. The summed E-state index contributed by atoms with van der Waals surface area (Å²) in [4.78, 5) is 35.7. The van der Waals surface area contributed by atoms with Crippen LogP contribution in [-0.4, -0.2) is 34.1 Å². The van der Waals surface area contributed by atoms with Gasteiger partial charge in [0.2, 0.25) is 11.8 Å². The molecule has 1 fully saturated rings. The summed E-state index contributed by atoms with van der Waals surface area (Å²) in [6.45, 7) is 7.52. The zero-order valence-corrected chi connectivity index (χ0v) is 24.9. The summed E-state index contributed by atoms with van der Waals surface area (Å²) in [5, 5.41) is 5.54. The summed E-state index contributed by atoms with van der Waals surface area (Å²) in [6, 6.07) is 2.91. The summed E-state index contributed by atoms with van der Waals surface area (Å²) in [5.74, 6) is -3.52. The van der Waals surface area contributed by atoms with Gasteiger partial charge >= 0.3 is 12.1 Å². The number of alkyl halides is 3. The van der Waals surface area contributed by atoms with E-state index in [1.165, 1.54) is 29.4 Å². The number of esters is 1. The van der Waals surface area contributed by atoms with E-state index < -0.39 is 41.4 Å². The first-order valence-corrected chi connectivity index (χ1v) is 15.0. The number of nitrogens with one attached hydrogen (secondary N) is 1. The van der Waals surface area contributed by atoms with Crippen molar-refractivity contribution in [1.82, 2.24) is 9.97 Å². The van der Waals surface area contributed by atoms with Gasteiger partial charge in [0.25, 0.3) is 0 Å². The lowest BCUT2D eigenvalue weighted by Crippen LogP contribution is -2.48. The molecule has 13 heteroatoms. The van der Waals surface area contributed by atoms with Gasteiger partial charge in [0, 0.05) is 42.1 Å². The van der Waals surface area contributed by atoms with Crippen molar-refractivity contribution in [3.05, 3.63) is 58.0 Å². The smallest absolute Gasteiger partial charge is 0.421 e. The van der Waals surface area contributed by atoms with E-state index in [2.05, 4.69) is 22.2 Å². The van der Waals surface area contributed by atoms with E-state index in [0.29, 0.717) is 29.6 Å². The Morgan fingerprint density at radius 3 is 2.58 bits per heavy atom. The normalized spacial score (nSPS) is 20.5. The van der Waals surface area contributed by atoms with Gasteiger partial charge in [0.15, 0.2) is 22.9 Å². The molecule has 3 heterocycles. The van der Waals surface area contributed by atoms with Crippen molar-refractivity contribution >= 4 is 34.0 Å². The van der Waals surface area contributed by atoms with Crippen molar-refractivity contribution in [2.24, 2.45) is 11.8 Å². The highest BCUT2D eigenvalue weighted by atomic mass is 32.1. The Morgan fingerprint density at radius 1 is 1.19 bits per heavy atom. The molecule has 2 aliphatic rings. The molecule has 1 aliphatic heterocycles. The maximum Gasteiger partial charge on any atom is 0.421 e. The Bertz CT molecular complexity index is 1520. The van der Waals surface area contributed by atoms with Crippen LogP contribution < -0.4 is 15.0 Å². The number of anilines is 2. The minimum absolute atomic E-state index is 0.00818. The summed E-state index contributed by atoms with van der Waals surface area (Å²) < 4.78 is 68.3. The van der Waals surface area contributed by atoms with Gasteiger partial charge in [-0.1, -0.05) is 6.92 Å². The van der Waals surface area contributed by atoms with Crippen LogP contribution in [-0.2, 0) is 22.1 Å². The van der Waals surface area contributed by atoms with E-state index in [9.17, 15) is 22.8 Å². The predicted octanol–water partition coefficient (Wildman–Crippen LogP) is 7.58. The molecule has 0 radical (unpaired) electrons. The van der Waals surface area contributed by atoms with E-state index in [1.807, 2.05) is 13.8 Å². The topological polar surface area (TPSA) is 93.7 Å². The number of halogens is 4. The van der Waals surface area contributed by atoms with Crippen molar-refractivity contribution in [3.63, 3.8) is 0 Å². The molecule has 2 aromatic heterocycles. The van der Waals surface area contributed by atoms with E-state index >= 15 is 4.39 Å². The van der Waals surface area contributed by atoms with Crippen molar-refractivity contribution < 1.29 is 36.6 Å². The lowest BCUT2D eigenvalue weighted by atomic mass is 9.82. The van der Waals surface area contributed by atoms with Crippen molar-refractivity contribution in [2.75, 3.05) is 10.2 Å². The van der Waals surface area contributed by atoms with Gasteiger partial charge in [-0.15, -0.1) is 11.3 Å². The molecule has 1 aliphatic carbocycles.